The average molecular weight is 322 g/mol. The number of hydrogen-bond acceptors (Lipinski definition) is 1. The van der Waals surface area contributed by atoms with Crippen LogP contribution in [0.1, 0.15) is 6.92 Å². The number of rotatable bonds is 2. The number of hydrogen-bond donors (Lipinski definition) is 1. The molecule has 0 aliphatic rings. The largest absolute Gasteiger partial charge is 0.419 e. The Kier molecular flexibility index (Phi) is 9.94. The minimum absolute atomic E-state index is 0. The van der Waals surface area contributed by atoms with Gasteiger partial charge in [-0.25, -0.2) is 0 Å². The molecule has 0 aromatic rings. The van der Waals surface area contributed by atoms with E-state index in [9.17, 15) is 0 Å². The molecule has 0 rings (SSSR count). The Hall–Kier alpha value is 0.592. The van der Waals surface area contributed by atoms with Crippen molar-refractivity contribution in [2.24, 2.45) is 0 Å². The molecule has 1 unspecified atom stereocenters. The van der Waals surface area contributed by atoms with Crippen molar-refractivity contribution in [3.63, 3.8) is 0 Å². The van der Waals surface area contributed by atoms with E-state index >= 15 is 0 Å². The molecule has 0 aliphatic carbocycles. The van der Waals surface area contributed by atoms with Crippen molar-refractivity contribution in [1.29, 1.82) is 0 Å². The van der Waals surface area contributed by atoms with E-state index in [1.807, 2.05) is 6.92 Å². The Morgan fingerprint density at radius 3 is 2.29 bits per heavy atom. The minimum atomic E-state index is 0. The molecule has 0 saturated carbocycles. The Balaban J connectivity index is 0. The van der Waals surface area contributed by atoms with Crippen molar-refractivity contribution < 1.29 is 31.1 Å². The second kappa shape index (κ2) is 6.59. The maximum absolute atomic E-state index is 3.65. The minimum Gasteiger partial charge on any atom is -0.419 e. The molecule has 0 saturated heterocycles. The first-order valence-corrected chi connectivity index (χ1v) is 1.97. The smallest absolute Gasteiger partial charge is 0 e. The second-order valence-electron chi connectivity index (χ2n) is 1.27. The quantitative estimate of drug-likeness (QED) is 0.747. The Morgan fingerprint density at radius 1 is 1.86 bits per heavy atom. The van der Waals surface area contributed by atoms with E-state index in [0.29, 0.717) is 0 Å². The van der Waals surface area contributed by atoms with Crippen LogP contribution in [0.4, 0.5) is 0 Å². The van der Waals surface area contributed by atoms with Crippen LogP contribution in [0.3, 0.4) is 0 Å². The van der Waals surface area contributed by atoms with Crippen molar-refractivity contribution in [1.82, 2.24) is 5.32 Å². The summed E-state index contributed by atoms with van der Waals surface area (Å²) in [5.74, 6) is 0. The maximum atomic E-state index is 3.65. The molecule has 0 fully saturated rings. The average Bonchev–Trinajstić information content (AvgIpc) is 1.35. The molecule has 0 radical (unpaired) electrons. The Labute approximate surface area is 68.9 Å². The van der Waals surface area contributed by atoms with E-state index in [-0.39, 0.29) is 37.2 Å². The van der Waals surface area contributed by atoms with Crippen molar-refractivity contribution in [2.75, 3.05) is 0 Å². The van der Waals surface area contributed by atoms with Crippen molar-refractivity contribution in [3.8, 4) is 0 Å². The summed E-state index contributed by atoms with van der Waals surface area (Å²) in [5.41, 5.74) is 0. The normalized spacial score (nSPS) is 11.1. The standard InChI is InChI=1S/C5H10N.U/c1-4-6-5(2)3;/h4-6H,1-2H2,3H3;/q-1;. The van der Waals surface area contributed by atoms with Crippen LogP contribution < -0.4 is 5.32 Å². The molecule has 0 aromatic carbocycles. The topological polar surface area (TPSA) is 12.0 Å². The van der Waals surface area contributed by atoms with E-state index in [1.54, 1.807) is 6.20 Å². The van der Waals surface area contributed by atoms with Gasteiger partial charge in [-0.05, 0) is 6.20 Å². The van der Waals surface area contributed by atoms with E-state index in [1.165, 1.54) is 0 Å². The van der Waals surface area contributed by atoms with Gasteiger partial charge in [-0.1, -0.05) is 13.5 Å². The zero-order valence-electron chi connectivity index (χ0n) is 4.57. The van der Waals surface area contributed by atoms with Gasteiger partial charge < -0.3 is 12.2 Å². The molecule has 1 atom stereocenters. The predicted molar refractivity (Wildman–Crippen MR) is 28.2 cm³/mol. The van der Waals surface area contributed by atoms with E-state index < -0.39 is 0 Å². The van der Waals surface area contributed by atoms with Gasteiger partial charge >= 0.3 is 0 Å². The SMILES string of the molecule is C=CNC([CH2-])C.[U]. The summed E-state index contributed by atoms with van der Waals surface area (Å²) in [7, 11) is 0. The zero-order valence-corrected chi connectivity index (χ0v) is 8.73. The molecular formula is C5H10NU-. The van der Waals surface area contributed by atoms with E-state index in [0.717, 1.165) is 0 Å². The van der Waals surface area contributed by atoms with Crippen LogP contribution >= 0.6 is 0 Å². The van der Waals surface area contributed by atoms with Gasteiger partial charge in [0.2, 0.25) is 0 Å². The van der Waals surface area contributed by atoms with Crippen molar-refractivity contribution >= 4 is 0 Å². The molecular weight excluding hydrogens is 312 g/mol. The molecule has 0 heterocycles. The second-order valence-corrected chi connectivity index (χ2v) is 1.27. The molecule has 0 amide bonds. The fourth-order valence-corrected chi connectivity index (χ4v) is 0.201. The van der Waals surface area contributed by atoms with Crippen molar-refractivity contribution in [2.45, 2.75) is 13.0 Å². The zero-order chi connectivity index (χ0) is 4.99. The molecule has 0 bridgehead atoms. The summed E-state index contributed by atoms with van der Waals surface area (Å²) >= 11 is 0. The molecule has 1 nitrogen and oxygen atoms in total. The first-order chi connectivity index (χ1) is 2.77. The van der Waals surface area contributed by atoms with Crippen LogP contribution in [0.5, 0.6) is 0 Å². The van der Waals surface area contributed by atoms with Gasteiger partial charge in [-0.3, -0.25) is 0 Å². The van der Waals surface area contributed by atoms with Crippen LogP contribution in [0, 0.1) is 38.0 Å². The molecule has 0 aliphatic heterocycles. The third-order valence-electron chi connectivity index (χ3n) is 0.402. The monoisotopic (exact) mass is 322 g/mol. The summed E-state index contributed by atoms with van der Waals surface area (Å²) in [6.45, 7) is 9.06. The van der Waals surface area contributed by atoms with E-state index in [2.05, 4.69) is 18.8 Å². The van der Waals surface area contributed by atoms with Crippen LogP contribution in [0.2, 0.25) is 0 Å². The maximum Gasteiger partial charge on any atom is 0 e. The first kappa shape index (κ1) is 10.6. The van der Waals surface area contributed by atoms with Crippen LogP contribution in [0.15, 0.2) is 12.8 Å². The molecule has 40 valence electrons. The molecule has 0 aromatic heterocycles. The van der Waals surface area contributed by atoms with Gasteiger partial charge in [0.05, 0.1) is 0 Å². The van der Waals surface area contributed by atoms with Gasteiger partial charge in [-0.15, -0.1) is 6.04 Å². The van der Waals surface area contributed by atoms with Crippen molar-refractivity contribution in [3.05, 3.63) is 19.7 Å². The van der Waals surface area contributed by atoms with Gasteiger partial charge in [0.25, 0.3) is 0 Å². The fourth-order valence-electron chi connectivity index (χ4n) is 0.201. The molecule has 0 spiro atoms. The summed E-state index contributed by atoms with van der Waals surface area (Å²) in [4.78, 5) is 0. The van der Waals surface area contributed by atoms with Crippen LogP contribution in [-0.2, 0) is 0 Å². The van der Waals surface area contributed by atoms with Gasteiger partial charge in [0.1, 0.15) is 0 Å². The molecule has 2 heteroatoms. The number of nitrogens with one attached hydrogen (secondary N) is 1. The summed E-state index contributed by atoms with van der Waals surface area (Å²) in [6.07, 6.45) is 1.64. The molecule has 1 N–H and O–H groups in total. The Bertz CT molecular complexity index is 43.3. The third kappa shape index (κ3) is 10.8. The molecule has 7 heavy (non-hydrogen) atoms. The first-order valence-electron chi connectivity index (χ1n) is 1.97. The van der Waals surface area contributed by atoms with Crippen LogP contribution in [0.25, 0.3) is 0 Å². The Morgan fingerprint density at radius 2 is 2.29 bits per heavy atom. The van der Waals surface area contributed by atoms with Gasteiger partial charge in [-0.2, -0.15) is 0 Å². The third-order valence-corrected chi connectivity index (χ3v) is 0.402. The van der Waals surface area contributed by atoms with E-state index in [4.69, 9.17) is 0 Å². The van der Waals surface area contributed by atoms with Crippen LogP contribution in [-0.4, -0.2) is 6.04 Å². The summed E-state index contributed by atoms with van der Waals surface area (Å²) in [5, 5.41) is 2.86. The summed E-state index contributed by atoms with van der Waals surface area (Å²) in [6, 6.07) is 0.280. The summed E-state index contributed by atoms with van der Waals surface area (Å²) < 4.78 is 0. The van der Waals surface area contributed by atoms with Gasteiger partial charge in [0.15, 0.2) is 0 Å². The predicted octanol–water partition coefficient (Wildman–Crippen LogP) is 0.942. The fraction of sp³-hybridized carbons (Fsp3) is 0.400. The van der Waals surface area contributed by atoms with Gasteiger partial charge in [0, 0.05) is 31.1 Å².